The van der Waals surface area contributed by atoms with Crippen molar-refractivity contribution in [2.75, 3.05) is 13.2 Å². The number of alkyl halides is 1. The minimum absolute atomic E-state index is 0.00880. The van der Waals surface area contributed by atoms with Crippen LogP contribution in [0.25, 0.3) is 0 Å². The average Bonchev–Trinajstić information content (AvgIpc) is 3.05. The number of carbonyl (C=O) groups excluding carboxylic acids is 1. The Morgan fingerprint density at radius 1 is 1.53 bits per heavy atom. The third-order valence-electron chi connectivity index (χ3n) is 3.13. The third kappa shape index (κ3) is 5.09. The van der Waals surface area contributed by atoms with Crippen LogP contribution < -0.4 is 5.32 Å². The number of ether oxygens (including phenoxy) is 1. The molecule has 1 aliphatic rings. The van der Waals surface area contributed by atoms with Gasteiger partial charge >= 0.3 is 0 Å². The third-order valence-corrected chi connectivity index (χ3v) is 4.30. The molecule has 2 rings (SSSR count). The first kappa shape index (κ1) is 14.8. The number of halogens is 1. The summed E-state index contributed by atoms with van der Waals surface area (Å²) < 4.78 is 5.68. The smallest absolute Gasteiger partial charge is 0.226 e. The summed E-state index contributed by atoms with van der Waals surface area (Å²) in [4.78, 5) is 15.9. The van der Waals surface area contributed by atoms with Crippen LogP contribution >= 0.6 is 22.9 Å². The number of hydrogen-bond acceptors (Lipinski definition) is 4. The summed E-state index contributed by atoms with van der Waals surface area (Å²) in [6.07, 6.45) is 5.59. The first-order valence-electron chi connectivity index (χ1n) is 6.65. The Kier molecular flexibility index (Phi) is 6.07. The molecule has 0 radical (unpaired) electrons. The van der Waals surface area contributed by atoms with Crippen LogP contribution in [0.3, 0.4) is 0 Å². The highest BCUT2D eigenvalue weighted by atomic mass is 35.5. The molecule has 106 valence electrons. The number of thiazole rings is 1. The van der Waals surface area contributed by atoms with Crippen molar-refractivity contribution in [3.8, 4) is 0 Å². The van der Waals surface area contributed by atoms with E-state index in [1.807, 2.05) is 5.38 Å². The highest BCUT2D eigenvalue weighted by molar-refractivity contribution is 7.09. The van der Waals surface area contributed by atoms with Gasteiger partial charge in [-0.05, 0) is 12.8 Å². The van der Waals surface area contributed by atoms with Gasteiger partial charge in [0.15, 0.2) is 0 Å². The van der Waals surface area contributed by atoms with Gasteiger partial charge in [-0.15, -0.1) is 22.9 Å². The number of amides is 1. The molecule has 1 aliphatic carbocycles. The van der Waals surface area contributed by atoms with Gasteiger partial charge in [0, 0.05) is 11.9 Å². The SMILES string of the molecule is O=C(Cc1nc(CCl)cs1)NCCOC1CCCC1. The molecular formula is C13H19ClN2O2S. The zero-order valence-corrected chi connectivity index (χ0v) is 12.4. The van der Waals surface area contributed by atoms with Crippen LogP contribution in [0, 0.1) is 0 Å². The van der Waals surface area contributed by atoms with Crippen molar-refractivity contribution in [3.05, 3.63) is 16.1 Å². The molecule has 1 saturated carbocycles. The maximum absolute atomic E-state index is 11.7. The summed E-state index contributed by atoms with van der Waals surface area (Å²) in [5.41, 5.74) is 0.832. The number of hydrogen-bond donors (Lipinski definition) is 1. The van der Waals surface area contributed by atoms with E-state index in [0.29, 0.717) is 31.6 Å². The summed E-state index contributed by atoms with van der Waals surface area (Å²) in [5.74, 6) is 0.387. The van der Waals surface area contributed by atoms with Gasteiger partial charge in [0.2, 0.25) is 5.91 Å². The molecule has 0 bridgehead atoms. The summed E-state index contributed by atoms with van der Waals surface area (Å²) >= 11 is 7.14. The lowest BCUT2D eigenvalue weighted by molar-refractivity contribution is -0.120. The van der Waals surface area contributed by atoms with Crippen molar-refractivity contribution in [1.82, 2.24) is 10.3 Å². The van der Waals surface area contributed by atoms with Crippen molar-refractivity contribution in [2.24, 2.45) is 0 Å². The van der Waals surface area contributed by atoms with Gasteiger partial charge in [-0.25, -0.2) is 4.98 Å². The molecule has 1 amide bonds. The molecule has 4 nitrogen and oxygen atoms in total. The van der Waals surface area contributed by atoms with Gasteiger partial charge < -0.3 is 10.1 Å². The lowest BCUT2D eigenvalue weighted by atomic mass is 10.3. The Labute approximate surface area is 122 Å². The van der Waals surface area contributed by atoms with Crippen molar-refractivity contribution in [3.63, 3.8) is 0 Å². The van der Waals surface area contributed by atoms with Crippen LogP contribution in [0.15, 0.2) is 5.38 Å². The number of rotatable bonds is 7. The Bertz CT molecular complexity index is 405. The molecule has 1 N–H and O–H groups in total. The number of nitrogens with one attached hydrogen (secondary N) is 1. The number of carbonyl (C=O) groups is 1. The van der Waals surface area contributed by atoms with E-state index in [4.69, 9.17) is 16.3 Å². The minimum atomic E-state index is -0.00880. The molecule has 1 aromatic rings. The van der Waals surface area contributed by atoms with Crippen LogP contribution in [0.1, 0.15) is 36.4 Å². The molecule has 0 saturated heterocycles. The molecule has 0 aliphatic heterocycles. The van der Waals surface area contributed by atoms with E-state index in [0.717, 1.165) is 23.5 Å². The zero-order valence-electron chi connectivity index (χ0n) is 10.9. The summed E-state index contributed by atoms with van der Waals surface area (Å²) in [5, 5.41) is 5.55. The van der Waals surface area contributed by atoms with Gasteiger partial charge in [-0.2, -0.15) is 0 Å². The van der Waals surface area contributed by atoms with Crippen molar-refractivity contribution < 1.29 is 9.53 Å². The summed E-state index contributed by atoms with van der Waals surface area (Å²) in [6, 6.07) is 0. The molecule has 1 fully saturated rings. The topological polar surface area (TPSA) is 51.2 Å². The fourth-order valence-corrected chi connectivity index (χ4v) is 3.18. The van der Waals surface area contributed by atoms with E-state index in [9.17, 15) is 4.79 Å². The van der Waals surface area contributed by atoms with E-state index in [2.05, 4.69) is 10.3 Å². The second kappa shape index (κ2) is 7.82. The highest BCUT2D eigenvalue weighted by Crippen LogP contribution is 2.20. The fraction of sp³-hybridized carbons (Fsp3) is 0.692. The van der Waals surface area contributed by atoms with Crippen LogP contribution in [0.4, 0.5) is 0 Å². The predicted molar refractivity (Wildman–Crippen MR) is 76.6 cm³/mol. The second-order valence-electron chi connectivity index (χ2n) is 4.67. The average molecular weight is 303 g/mol. The van der Waals surface area contributed by atoms with Crippen molar-refractivity contribution in [1.29, 1.82) is 0 Å². The molecular weight excluding hydrogens is 284 g/mol. The molecule has 0 aromatic carbocycles. The van der Waals surface area contributed by atoms with Gasteiger partial charge in [-0.3, -0.25) is 4.79 Å². The quantitative estimate of drug-likeness (QED) is 0.622. The Hall–Kier alpha value is -0.650. The van der Waals surface area contributed by atoms with E-state index in [-0.39, 0.29) is 5.91 Å². The molecule has 1 aromatic heterocycles. The lowest BCUT2D eigenvalue weighted by Crippen LogP contribution is -2.29. The van der Waals surface area contributed by atoms with Gasteiger partial charge in [0.1, 0.15) is 5.01 Å². The van der Waals surface area contributed by atoms with Crippen molar-refractivity contribution >= 4 is 28.8 Å². The van der Waals surface area contributed by atoms with Gasteiger partial charge in [-0.1, -0.05) is 12.8 Å². The zero-order chi connectivity index (χ0) is 13.5. The minimum Gasteiger partial charge on any atom is -0.376 e. The molecule has 19 heavy (non-hydrogen) atoms. The number of nitrogens with zero attached hydrogens (tertiary/aromatic N) is 1. The van der Waals surface area contributed by atoms with E-state index in [1.54, 1.807) is 0 Å². The second-order valence-corrected chi connectivity index (χ2v) is 5.88. The standard InChI is InChI=1S/C13H19ClN2O2S/c14-8-10-9-19-13(16-10)7-12(17)15-5-6-18-11-3-1-2-4-11/h9,11H,1-8H2,(H,15,17). The monoisotopic (exact) mass is 302 g/mol. The highest BCUT2D eigenvalue weighted by Gasteiger charge is 2.15. The Balaban J connectivity index is 1.58. The largest absolute Gasteiger partial charge is 0.376 e. The molecule has 0 atom stereocenters. The lowest BCUT2D eigenvalue weighted by Gasteiger charge is -2.11. The Morgan fingerprint density at radius 3 is 3.00 bits per heavy atom. The molecule has 0 unspecified atom stereocenters. The van der Waals surface area contributed by atoms with E-state index < -0.39 is 0 Å². The molecule has 1 heterocycles. The predicted octanol–water partition coefficient (Wildman–Crippen LogP) is 2.50. The molecule has 0 spiro atoms. The maximum atomic E-state index is 11.7. The molecule has 6 heteroatoms. The summed E-state index contributed by atoms with van der Waals surface area (Å²) in [7, 11) is 0. The summed E-state index contributed by atoms with van der Waals surface area (Å²) in [6.45, 7) is 1.17. The van der Waals surface area contributed by atoms with Crippen LogP contribution in [0.2, 0.25) is 0 Å². The number of aromatic nitrogens is 1. The fourth-order valence-electron chi connectivity index (χ4n) is 2.16. The first-order chi connectivity index (χ1) is 9.28. The van der Waals surface area contributed by atoms with Gasteiger partial charge in [0.05, 0.1) is 30.7 Å². The first-order valence-corrected chi connectivity index (χ1v) is 8.07. The maximum Gasteiger partial charge on any atom is 0.226 e. The van der Waals surface area contributed by atoms with Crippen LogP contribution in [-0.4, -0.2) is 30.1 Å². The van der Waals surface area contributed by atoms with E-state index >= 15 is 0 Å². The van der Waals surface area contributed by atoms with Crippen LogP contribution in [0.5, 0.6) is 0 Å². The normalized spacial score (nSPS) is 15.8. The van der Waals surface area contributed by atoms with Gasteiger partial charge in [0.25, 0.3) is 0 Å². The Morgan fingerprint density at radius 2 is 2.32 bits per heavy atom. The van der Waals surface area contributed by atoms with Crippen LogP contribution in [-0.2, 0) is 21.8 Å². The van der Waals surface area contributed by atoms with E-state index in [1.165, 1.54) is 24.2 Å². The van der Waals surface area contributed by atoms with Crippen molar-refractivity contribution in [2.45, 2.75) is 44.1 Å².